The Hall–Kier alpha value is -2.24. The minimum atomic E-state index is -0.0712. The molecule has 1 saturated heterocycles. The van der Waals surface area contributed by atoms with Crippen LogP contribution in [0.2, 0.25) is 0 Å². The summed E-state index contributed by atoms with van der Waals surface area (Å²) >= 11 is 0. The average Bonchev–Trinajstić information content (AvgIpc) is 2.97. The Kier molecular flexibility index (Phi) is 4.52. The molecular formula is C21H28N4O2. The topological polar surface area (TPSA) is 72.1 Å². The fourth-order valence-electron chi connectivity index (χ4n) is 5.03. The molecule has 0 spiro atoms. The average molecular weight is 368 g/mol. The Bertz CT molecular complexity index is 856. The monoisotopic (exact) mass is 368 g/mol. The molecule has 144 valence electrons. The van der Waals surface area contributed by atoms with Crippen molar-refractivity contribution in [3.8, 4) is 0 Å². The molecule has 0 radical (unpaired) electrons. The number of hydrogen-bond donors (Lipinski definition) is 0. The third-order valence-corrected chi connectivity index (χ3v) is 6.51. The van der Waals surface area contributed by atoms with Gasteiger partial charge in [-0.15, -0.1) is 0 Å². The van der Waals surface area contributed by atoms with E-state index < -0.39 is 0 Å². The number of fused-ring (bicyclic) bond motifs is 3. The quantitative estimate of drug-likeness (QED) is 0.832. The molecule has 2 aliphatic rings. The van der Waals surface area contributed by atoms with Gasteiger partial charge >= 0.3 is 0 Å². The van der Waals surface area contributed by atoms with E-state index in [4.69, 9.17) is 9.51 Å². The van der Waals surface area contributed by atoms with Crippen LogP contribution in [-0.2, 0) is 23.1 Å². The Morgan fingerprint density at radius 2 is 2.19 bits per heavy atom. The number of carbonyl (C=O) groups excluding carboxylic acids is 1. The largest absolute Gasteiger partial charge is 0.361 e. The summed E-state index contributed by atoms with van der Waals surface area (Å²) in [4.78, 5) is 24.4. The molecule has 6 heteroatoms. The molecule has 0 unspecified atom stereocenters. The van der Waals surface area contributed by atoms with Gasteiger partial charge in [-0.05, 0) is 58.4 Å². The van der Waals surface area contributed by atoms with E-state index in [0.717, 1.165) is 60.8 Å². The van der Waals surface area contributed by atoms with Crippen molar-refractivity contribution in [1.29, 1.82) is 0 Å². The van der Waals surface area contributed by atoms with Gasteiger partial charge in [-0.2, -0.15) is 0 Å². The summed E-state index contributed by atoms with van der Waals surface area (Å²) in [5.74, 6) is 1.88. The molecule has 0 N–H and O–H groups in total. The van der Waals surface area contributed by atoms with Crippen LogP contribution in [0.1, 0.15) is 66.7 Å². The van der Waals surface area contributed by atoms with Crippen LogP contribution < -0.4 is 0 Å². The first-order valence-electron chi connectivity index (χ1n) is 9.94. The van der Waals surface area contributed by atoms with Crippen molar-refractivity contribution in [3.63, 3.8) is 0 Å². The standard InChI is InChI=1S/C21H28N4O2/c1-13-17(14(2)27-24-13)7-9-19(26)25-11-5-10-21(4)18(25)8-6-16-12-22-15(3)23-20(16)21/h12,18H,5-11H2,1-4H3/t18-,21+/m0/s1. The van der Waals surface area contributed by atoms with Crippen LogP contribution in [0, 0.1) is 20.8 Å². The van der Waals surface area contributed by atoms with E-state index in [2.05, 4.69) is 22.0 Å². The van der Waals surface area contributed by atoms with Crippen molar-refractivity contribution >= 4 is 5.91 Å². The van der Waals surface area contributed by atoms with Gasteiger partial charge in [-0.1, -0.05) is 12.1 Å². The van der Waals surface area contributed by atoms with Crippen LogP contribution in [0.3, 0.4) is 0 Å². The lowest BCUT2D eigenvalue weighted by Gasteiger charge is -2.51. The summed E-state index contributed by atoms with van der Waals surface area (Å²) in [5, 5.41) is 4.00. The van der Waals surface area contributed by atoms with Gasteiger partial charge in [0.15, 0.2) is 0 Å². The summed E-state index contributed by atoms with van der Waals surface area (Å²) in [6.45, 7) is 8.94. The highest BCUT2D eigenvalue weighted by Crippen LogP contribution is 2.44. The van der Waals surface area contributed by atoms with Crippen molar-refractivity contribution in [1.82, 2.24) is 20.0 Å². The molecule has 2 atom stereocenters. The molecule has 4 rings (SSSR count). The molecule has 1 aliphatic carbocycles. The predicted molar refractivity (Wildman–Crippen MR) is 101 cm³/mol. The fourth-order valence-corrected chi connectivity index (χ4v) is 5.03. The first-order valence-corrected chi connectivity index (χ1v) is 9.94. The lowest BCUT2D eigenvalue weighted by molar-refractivity contribution is -0.137. The summed E-state index contributed by atoms with van der Waals surface area (Å²) < 4.78 is 5.24. The number of nitrogens with zero attached hydrogens (tertiary/aromatic N) is 4. The van der Waals surface area contributed by atoms with Gasteiger partial charge in [-0.25, -0.2) is 9.97 Å². The second kappa shape index (κ2) is 6.73. The SMILES string of the molecule is Cc1ncc2c(n1)[C@]1(C)CCCN(C(=O)CCc3c(C)noc3C)[C@H]1CC2. The first kappa shape index (κ1) is 18.1. The zero-order valence-corrected chi connectivity index (χ0v) is 16.7. The Balaban J connectivity index is 1.55. The summed E-state index contributed by atoms with van der Waals surface area (Å²) in [6.07, 6.45) is 7.22. The van der Waals surface area contributed by atoms with Crippen molar-refractivity contribution in [3.05, 3.63) is 40.3 Å². The number of likely N-dealkylation sites (tertiary alicyclic amines) is 1. The van der Waals surface area contributed by atoms with Crippen LogP contribution in [0.4, 0.5) is 0 Å². The van der Waals surface area contributed by atoms with E-state index in [1.165, 1.54) is 5.56 Å². The van der Waals surface area contributed by atoms with Gasteiger partial charge in [0.05, 0.1) is 11.4 Å². The van der Waals surface area contributed by atoms with Crippen LogP contribution in [0.25, 0.3) is 0 Å². The minimum Gasteiger partial charge on any atom is -0.361 e. The fraction of sp³-hybridized carbons (Fsp3) is 0.619. The minimum absolute atomic E-state index is 0.0712. The number of hydrogen-bond acceptors (Lipinski definition) is 5. The van der Waals surface area contributed by atoms with E-state index in [9.17, 15) is 4.79 Å². The number of rotatable bonds is 3. The molecule has 27 heavy (non-hydrogen) atoms. The van der Waals surface area contributed by atoms with E-state index in [0.29, 0.717) is 12.8 Å². The normalized spacial score (nSPS) is 24.4. The highest BCUT2D eigenvalue weighted by molar-refractivity contribution is 5.77. The zero-order valence-electron chi connectivity index (χ0n) is 16.7. The van der Waals surface area contributed by atoms with Gasteiger partial charge in [0, 0.05) is 36.2 Å². The third kappa shape index (κ3) is 3.05. The van der Waals surface area contributed by atoms with Gasteiger partial charge in [0.2, 0.25) is 5.91 Å². The molecule has 1 fully saturated rings. The van der Waals surface area contributed by atoms with Gasteiger partial charge in [0.25, 0.3) is 0 Å². The van der Waals surface area contributed by atoms with Crippen molar-refractivity contribution in [2.24, 2.45) is 0 Å². The lowest BCUT2D eigenvalue weighted by Crippen LogP contribution is -2.58. The maximum Gasteiger partial charge on any atom is 0.223 e. The molecule has 6 nitrogen and oxygen atoms in total. The first-order chi connectivity index (χ1) is 12.9. The Morgan fingerprint density at radius 3 is 2.93 bits per heavy atom. The molecule has 0 aromatic carbocycles. The number of aromatic nitrogens is 3. The van der Waals surface area contributed by atoms with E-state index in [-0.39, 0.29) is 17.4 Å². The number of aryl methyl sites for hydroxylation is 4. The maximum atomic E-state index is 13.1. The summed E-state index contributed by atoms with van der Waals surface area (Å²) in [6, 6.07) is 0.227. The van der Waals surface area contributed by atoms with Gasteiger partial charge in [0.1, 0.15) is 11.6 Å². The van der Waals surface area contributed by atoms with Crippen LogP contribution in [0.15, 0.2) is 10.7 Å². The highest BCUT2D eigenvalue weighted by atomic mass is 16.5. The van der Waals surface area contributed by atoms with E-state index in [1.54, 1.807) is 0 Å². The molecule has 3 heterocycles. The second-order valence-corrected chi connectivity index (χ2v) is 8.26. The smallest absolute Gasteiger partial charge is 0.223 e. The Morgan fingerprint density at radius 1 is 1.37 bits per heavy atom. The zero-order chi connectivity index (χ0) is 19.2. The third-order valence-electron chi connectivity index (χ3n) is 6.51. The molecule has 1 amide bonds. The highest BCUT2D eigenvalue weighted by Gasteiger charge is 2.48. The molecular weight excluding hydrogens is 340 g/mol. The van der Waals surface area contributed by atoms with Gasteiger partial charge < -0.3 is 9.42 Å². The van der Waals surface area contributed by atoms with Crippen LogP contribution in [-0.4, -0.2) is 38.5 Å². The van der Waals surface area contributed by atoms with E-state index in [1.807, 2.05) is 27.0 Å². The van der Waals surface area contributed by atoms with Crippen molar-refractivity contribution in [2.75, 3.05) is 6.54 Å². The molecule has 0 bridgehead atoms. The summed E-state index contributed by atoms with van der Waals surface area (Å²) in [7, 11) is 0. The number of piperidine rings is 1. The molecule has 2 aromatic heterocycles. The molecule has 2 aromatic rings. The van der Waals surface area contributed by atoms with Gasteiger partial charge in [-0.3, -0.25) is 4.79 Å². The molecule has 1 aliphatic heterocycles. The predicted octanol–water partition coefficient (Wildman–Crippen LogP) is 3.22. The second-order valence-electron chi connectivity index (χ2n) is 8.26. The van der Waals surface area contributed by atoms with Crippen molar-refractivity contribution in [2.45, 2.75) is 77.7 Å². The van der Waals surface area contributed by atoms with Crippen LogP contribution in [0.5, 0.6) is 0 Å². The maximum absolute atomic E-state index is 13.1. The van der Waals surface area contributed by atoms with Crippen LogP contribution >= 0.6 is 0 Å². The molecule has 0 saturated carbocycles. The van der Waals surface area contributed by atoms with E-state index >= 15 is 0 Å². The number of amides is 1. The lowest BCUT2D eigenvalue weighted by atomic mass is 9.65. The number of carbonyl (C=O) groups is 1. The Labute approximate surface area is 160 Å². The van der Waals surface area contributed by atoms with Crippen molar-refractivity contribution < 1.29 is 9.32 Å². The summed E-state index contributed by atoms with van der Waals surface area (Å²) in [5.41, 5.74) is 4.31.